The van der Waals surface area contributed by atoms with Crippen molar-refractivity contribution in [2.45, 2.75) is 46.0 Å². The van der Waals surface area contributed by atoms with E-state index in [2.05, 4.69) is 13.8 Å². The third-order valence-electron chi connectivity index (χ3n) is 5.22. The predicted molar refractivity (Wildman–Crippen MR) is 51.3 cm³/mol. The molecule has 0 unspecified atom stereocenters. The van der Waals surface area contributed by atoms with Crippen LogP contribution in [0.3, 0.4) is 0 Å². The van der Waals surface area contributed by atoms with Crippen LogP contribution in [0.5, 0.6) is 0 Å². The molecule has 1 nitrogen and oxygen atoms in total. The van der Waals surface area contributed by atoms with Crippen molar-refractivity contribution in [2.24, 2.45) is 22.7 Å². The summed E-state index contributed by atoms with van der Waals surface area (Å²) in [6, 6.07) is 0. The molecule has 72 valence electrons. The monoisotopic (exact) mass is 178 g/mol. The fraction of sp³-hybridized carbons (Fsp3) is 0.917. The highest BCUT2D eigenvalue weighted by atomic mass is 16.1. The van der Waals surface area contributed by atoms with Crippen molar-refractivity contribution >= 4 is 5.78 Å². The van der Waals surface area contributed by atoms with Crippen LogP contribution in [0.1, 0.15) is 46.0 Å². The maximum atomic E-state index is 11.7. The first kappa shape index (κ1) is 8.02. The topological polar surface area (TPSA) is 17.1 Å². The van der Waals surface area contributed by atoms with E-state index in [4.69, 9.17) is 0 Å². The highest BCUT2D eigenvalue weighted by Crippen LogP contribution is 2.78. The Morgan fingerprint density at radius 3 is 2.77 bits per heavy atom. The van der Waals surface area contributed by atoms with Gasteiger partial charge in [-0.1, -0.05) is 20.3 Å². The molecule has 0 aromatic rings. The highest BCUT2D eigenvalue weighted by Gasteiger charge is 2.76. The van der Waals surface area contributed by atoms with Crippen molar-refractivity contribution in [3.8, 4) is 0 Å². The molecule has 3 fully saturated rings. The number of carbonyl (C=O) groups is 1. The van der Waals surface area contributed by atoms with Crippen molar-refractivity contribution < 1.29 is 4.79 Å². The maximum Gasteiger partial charge on any atom is 0.136 e. The summed E-state index contributed by atoms with van der Waals surface area (Å²) in [7, 11) is 0. The molecule has 1 heteroatoms. The van der Waals surface area contributed by atoms with Crippen molar-refractivity contribution in [1.29, 1.82) is 0 Å². The number of rotatable bonds is 0. The smallest absolute Gasteiger partial charge is 0.136 e. The van der Waals surface area contributed by atoms with Gasteiger partial charge in [0, 0.05) is 12.3 Å². The minimum atomic E-state index is 0.451. The van der Waals surface area contributed by atoms with Crippen molar-refractivity contribution in [3.63, 3.8) is 0 Å². The molecule has 0 aliphatic heterocycles. The van der Waals surface area contributed by atoms with Crippen LogP contribution in [0.25, 0.3) is 0 Å². The molecule has 0 heterocycles. The highest BCUT2D eigenvalue weighted by molar-refractivity contribution is 5.89. The predicted octanol–water partition coefficient (Wildman–Crippen LogP) is 2.79. The second-order valence-electron chi connectivity index (χ2n) is 5.87. The molecule has 0 amide bonds. The summed E-state index contributed by atoms with van der Waals surface area (Å²) in [4.78, 5) is 11.7. The lowest BCUT2D eigenvalue weighted by Crippen LogP contribution is -2.30. The molecule has 3 saturated carbocycles. The molecule has 3 rings (SSSR count). The normalized spacial score (nSPS) is 51.4. The molecular weight excluding hydrogens is 160 g/mol. The van der Waals surface area contributed by atoms with E-state index in [9.17, 15) is 4.79 Å². The van der Waals surface area contributed by atoms with Gasteiger partial charge >= 0.3 is 0 Å². The minimum absolute atomic E-state index is 0.451. The van der Waals surface area contributed by atoms with E-state index in [0.717, 1.165) is 12.3 Å². The Hall–Kier alpha value is -0.330. The first-order valence-electron chi connectivity index (χ1n) is 5.62. The number of hydrogen-bond donors (Lipinski definition) is 0. The summed E-state index contributed by atoms with van der Waals surface area (Å²) >= 11 is 0. The van der Waals surface area contributed by atoms with Gasteiger partial charge in [0.2, 0.25) is 0 Å². The molecule has 0 aromatic carbocycles. The van der Waals surface area contributed by atoms with Crippen LogP contribution in [-0.4, -0.2) is 5.78 Å². The molecule has 0 saturated heterocycles. The molecule has 3 aliphatic carbocycles. The molecule has 1 spiro atoms. The van der Waals surface area contributed by atoms with Crippen LogP contribution >= 0.6 is 0 Å². The van der Waals surface area contributed by atoms with Gasteiger partial charge in [0.25, 0.3) is 0 Å². The standard InChI is InChI=1S/C12H18O/c1-11(2)6-3-4-8-10-9(13)5-7-12(8,10)11/h8,10H,3-7H2,1-2H3/t8-,10+,12-/m1/s1. The van der Waals surface area contributed by atoms with E-state index in [1.54, 1.807) is 0 Å². The van der Waals surface area contributed by atoms with Gasteiger partial charge in [0.15, 0.2) is 0 Å². The second-order valence-corrected chi connectivity index (χ2v) is 5.87. The Morgan fingerprint density at radius 1 is 1.31 bits per heavy atom. The van der Waals surface area contributed by atoms with Crippen LogP contribution in [0.2, 0.25) is 0 Å². The maximum absolute atomic E-state index is 11.7. The van der Waals surface area contributed by atoms with Gasteiger partial charge < -0.3 is 0 Å². The lowest BCUT2D eigenvalue weighted by molar-refractivity contribution is -0.119. The fourth-order valence-electron chi connectivity index (χ4n) is 4.54. The molecule has 3 atom stereocenters. The Morgan fingerprint density at radius 2 is 2.08 bits per heavy atom. The van der Waals surface area contributed by atoms with Gasteiger partial charge in [-0.2, -0.15) is 0 Å². The average molecular weight is 178 g/mol. The van der Waals surface area contributed by atoms with E-state index in [0.29, 0.717) is 22.5 Å². The Labute approximate surface area is 79.9 Å². The van der Waals surface area contributed by atoms with Gasteiger partial charge in [-0.25, -0.2) is 0 Å². The number of Topliss-reactive ketones (excluding diaryl/α,β-unsaturated/α-hetero) is 1. The SMILES string of the molecule is CC1(C)CCC[C@@H]2[C@H]3C(=O)CC[C@@]231. The minimum Gasteiger partial charge on any atom is -0.299 e. The zero-order valence-electron chi connectivity index (χ0n) is 8.60. The summed E-state index contributed by atoms with van der Waals surface area (Å²) in [5, 5.41) is 0. The first-order chi connectivity index (χ1) is 6.09. The van der Waals surface area contributed by atoms with E-state index in [-0.39, 0.29) is 0 Å². The zero-order valence-corrected chi connectivity index (χ0v) is 8.60. The number of fused-ring (bicyclic) bond motifs is 1. The second kappa shape index (κ2) is 2.02. The molecule has 0 bridgehead atoms. The number of carbonyl (C=O) groups excluding carboxylic acids is 1. The summed E-state index contributed by atoms with van der Waals surface area (Å²) < 4.78 is 0. The summed E-state index contributed by atoms with van der Waals surface area (Å²) in [6.45, 7) is 4.77. The third-order valence-corrected chi connectivity index (χ3v) is 5.22. The van der Waals surface area contributed by atoms with E-state index >= 15 is 0 Å². The van der Waals surface area contributed by atoms with Crippen LogP contribution < -0.4 is 0 Å². The summed E-state index contributed by atoms with van der Waals surface area (Å²) in [5.74, 6) is 1.86. The van der Waals surface area contributed by atoms with Gasteiger partial charge in [-0.3, -0.25) is 4.79 Å². The molecule has 13 heavy (non-hydrogen) atoms. The molecule has 0 radical (unpaired) electrons. The Kier molecular flexibility index (Phi) is 1.24. The molecule has 0 aromatic heterocycles. The largest absolute Gasteiger partial charge is 0.299 e. The molecular formula is C12H18O. The van der Waals surface area contributed by atoms with Crippen molar-refractivity contribution in [2.75, 3.05) is 0 Å². The van der Waals surface area contributed by atoms with Gasteiger partial charge in [-0.15, -0.1) is 0 Å². The van der Waals surface area contributed by atoms with Gasteiger partial charge in [0.05, 0.1) is 0 Å². The number of hydrogen-bond acceptors (Lipinski definition) is 1. The van der Waals surface area contributed by atoms with Gasteiger partial charge in [0.1, 0.15) is 5.78 Å². The number of ketones is 1. The van der Waals surface area contributed by atoms with Crippen LogP contribution in [0.4, 0.5) is 0 Å². The third kappa shape index (κ3) is 0.693. The Bertz CT molecular complexity index is 279. The van der Waals surface area contributed by atoms with Crippen molar-refractivity contribution in [3.05, 3.63) is 0 Å². The molecule has 3 aliphatic rings. The average Bonchev–Trinajstić information content (AvgIpc) is 2.59. The van der Waals surface area contributed by atoms with Crippen LogP contribution in [0, 0.1) is 22.7 Å². The summed E-state index contributed by atoms with van der Waals surface area (Å²) in [5.41, 5.74) is 0.926. The lowest BCUT2D eigenvalue weighted by Gasteiger charge is -2.38. The van der Waals surface area contributed by atoms with Crippen LogP contribution in [0.15, 0.2) is 0 Å². The van der Waals surface area contributed by atoms with Crippen molar-refractivity contribution in [1.82, 2.24) is 0 Å². The fourth-order valence-corrected chi connectivity index (χ4v) is 4.54. The van der Waals surface area contributed by atoms with E-state index in [1.165, 1.54) is 25.7 Å². The van der Waals surface area contributed by atoms with Gasteiger partial charge in [-0.05, 0) is 36.0 Å². The lowest BCUT2D eigenvalue weighted by atomic mass is 9.66. The quantitative estimate of drug-likeness (QED) is 0.557. The zero-order chi connectivity index (χ0) is 9.27. The van der Waals surface area contributed by atoms with E-state index < -0.39 is 0 Å². The first-order valence-corrected chi connectivity index (χ1v) is 5.62. The Balaban J connectivity index is 2.02. The van der Waals surface area contributed by atoms with Crippen LogP contribution in [-0.2, 0) is 4.79 Å². The summed E-state index contributed by atoms with van der Waals surface area (Å²) in [6.07, 6.45) is 6.11. The van der Waals surface area contributed by atoms with E-state index in [1.807, 2.05) is 0 Å². The molecule has 0 N–H and O–H groups in total.